The van der Waals surface area contributed by atoms with Gasteiger partial charge in [-0.1, -0.05) is 23.7 Å². The second-order valence-electron chi connectivity index (χ2n) is 5.88. The van der Waals surface area contributed by atoms with E-state index in [-0.39, 0.29) is 11.7 Å². The topological polar surface area (TPSA) is 70.9 Å². The molecule has 5 nitrogen and oxygen atoms in total. The SMILES string of the molecule is O=C(NCCc1nc2ccccc2[nH]1)c1ccc(-c2ccc(Cl)cc2)o1. The molecule has 4 aromatic rings. The lowest BCUT2D eigenvalue weighted by Crippen LogP contribution is -2.25. The number of halogens is 1. The Morgan fingerprint density at radius 2 is 1.88 bits per heavy atom. The quantitative estimate of drug-likeness (QED) is 0.549. The molecule has 0 atom stereocenters. The number of H-pyrrole nitrogens is 1. The van der Waals surface area contributed by atoms with Crippen molar-refractivity contribution < 1.29 is 9.21 Å². The molecule has 0 radical (unpaired) electrons. The summed E-state index contributed by atoms with van der Waals surface area (Å²) in [6, 6.07) is 18.6. The molecule has 0 unspecified atom stereocenters. The van der Waals surface area contributed by atoms with Gasteiger partial charge in [0, 0.05) is 23.6 Å². The minimum atomic E-state index is -0.249. The molecule has 130 valence electrons. The molecule has 0 aliphatic carbocycles. The molecule has 0 saturated heterocycles. The zero-order valence-electron chi connectivity index (χ0n) is 13.8. The van der Waals surface area contributed by atoms with Crippen LogP contribution in [-0.2, 0) is 6.42 Å². The van der Waals surface area contributed by atoms with Gasteiger partial charge in [-0.3, -0.25) is 4.79 Å². The average Bonchev–Trinajstić information content (AvgIpc) is 3.29. The maximum atomic E-state index is 12.2. The van der Waals surface area contributed by atoms with E-state index in [0.29, 0.717) is 23.7 Å². The molecule has 2 heterocycles. The summed E-state index contributed by atoms with van der Waals surface area (Å²) in [5.74, 6) is 1.50. The van der Waals surface area contributed by atoms with E-state index in [4.69, 9.17) is 16.0 Å². The van der Waals surface area contributed by atoms with Gasteiger partial charge in [-0.25, -0.2) is 4.98 Å². The molecule has 1 amide bonds. The van der Waals surface area contributed by atoms with E-state index in [0.717, 1.165) is 22.4 Å². The lowest BCUT2D eigenvalue weighted by molar-refractivity contribution is 0.0927. The fraction of sp³-hybridized carbons (Fsp3) is 0.100. The minimum Gasteiger partial charge on any atom is -0.451 e. The van der Waals surface area contributed by atoms with Gasteiger partial charge in [0.05, 0.1) is 11.0 Å². The van der Waals surface area contributed by atoms with Crippen molar-refractivity contribution in [2.45, 2.75) is 6.42 Å². The highest BCUT2D eigenvalue weighted by Crippen LogP contribution is 2.23. The van der Waals surface area contributed by atoms with Crippen molar-refractivity contribution in [3.63, 3.8) is 0 Å². The van der Waals surface area contributed by atoms with Gasteiger partial charge in [0.25, 0.3) is 5.91 Å². The molecule has 6 heteroatoms. The van der Waals surface area contributed by atoms with E-state index in [1.54, 1.807) is 24.3 Å². The van der Waals surface area contributed by atoms with Crippen molar-refractivity contribution in [2.75, 3.05) is 6.54 Å². The lowest BCUT2D eigenvalue weighted by atomic mass is 10.2. The van der Waals surface area contributed by atoms with Gasteiger partial charge in [0.2, 0.25) is 0 Å². The van der Waals surface area contributed by atoms with E-state index >= 15 is 0 Å². The molecule has 0 aliphatic heterocycles. The number of rotatable bonds is 5. The number of amides is 1. The van der Waals surface area contributed by atoms with Crippen LogP contribution in [0.5, 0.6) is 0 Å². The molecule has 0 spiro atoms. The van der Waals surface area contributed by atoms with Crippen LogP contribution < -0.4 is 5.32 Å². The largest absolute Gasteiger partial charge is 0.451 e. The first-order chi connectivity index (χ1) is 12.7. The summed E-state index contributed by atoms with van der Waals surface area (Å²) in [7, 11) is 0. The number of nitrogens with one attached hydrogen (secondary N) is 2. The van der Waals surface area contributed by atoms with Crippen LogP contribution in [0.25, 0.3) is 22.4 Å². The smallest absolute Gasteiger partial charge is 0.287 e. The number of para-hydroxylation sites is 2. The number of furan rings is 1. The first kappa shape index (κ1) is 16.4. The number of nitrogens with zero attached hydrogens (tertiary/aromatic N) is 1. The van der Waals surface area contributed by atoms with Gasteiger partial charge in [0.1, 0.15) is 11.6 Å². The Hall–Kier alpha value is -3.05. The molecular formula is C20H16ClN3O2. The van der Waals surface area contributed by atoms with E-state index in [1.165, 1.54) is 0 Å². The normalized spacial score (nSPS) is 11.0. The Kier molecular flexibility index (Phi) is 4.46. The number of fused-ring (bicyclic) bond motifs is 1. The lowest BCUT2D eigenvalue weighted by Gasteiger charge is -2.01. The molecule has 2 aromatic heterocycles. The Morgan fingerprint density at radius 3 is 2.69 bits per heavy atom. The number of aromatic nitrogens is 2. The van der Waals surface area contributed by atoms with Crippen molar-refractivity contribution in [1.29, 1.82) is 0 Å². The Balaban J connectivity index is 1.37. The standard InChI is InChI=1S/C20H16ClN3O2/c21-14-7-5-13(6-8-14)17-9-10-18(26-17)20(25)22-12-11-19-23-15-3-1-2-4-16(15)24-19/h1-10H,11-12H2,(H,22,25)(H,23,24). The number of benzene rings is 2. The van der Waals surface area contributed by atoms with Crippen molar-refractivity contribution in [3.8, 4) is 11.3 Å². The van der Waals surface area contributed by atoms with Crippen LogP contribution in [0, 0.1) is 0 Å². The summed E-state index contributed by atoms with van der Waals surface area (Å²) in [6.07, 6.45) is 0.616. The van der Waals surface area contributed by atoms with Crippen molar-refractivity contribution in [2.24, 2.45) is 0 Å². The fourth-order valence-corrected chi connectivity index (χ4v) is 2.86. The predicted molar refractivity (Wildman–Crippen MR) is 101 cm³/mol. The Morgan fingerprint density at radius 1 is 1.08 bits per heavy atom. The van der Waals surface area contributed by atoms with Crippen molar-refractivity contribution in [1.82, 2.24) is 15.3 Å². The number of imidazole rings is 1. The number of aromatic amines is 1. The van der Waals surface area contributed by atoms with E-state index in [9.17, 15) is 4.79 Å². The van der Waals surface area contributed by atoms with E-state index in [2.05, 4.69) is 15.3 Å². The number of hydrogen-bond acceptors (Lipinski definition) is 3. The minimum absolute atomic E-state index is 0.249. The summed E-state index contributed by atoms with van der Waals surface area (Å²) in [4.78, 5) is 20.0. The summed E-state index contributed by atoms with van der Waals surface area (Å²) in [5, 5.41) is 3.51. The third-order valence-electron chi connectivity index (χ3n) is 4.04. The molecule has 0 fully saturated rings. The first-order valence-corrected chi connectivity index (χ1v) is 8.64. The van der Waals surface area contributed by atoms with Crippen LogP contribution in [0.3, 0.4) is 0 Å². The zero-order valence-corrected chi connectivity index (χ0v) is 14.6. The van der Waals surface area contributed by atoms with Crippen LogP contribution in [0.4, 0.5) is 0 Å². The molecule has 0 saturated carbocycles. The molecule has 26 heavy (non-hydrogen) atoms. The van der Waals surface area contributed by atoms with Gasteiger partial charge in [0.15, 0.2) is 5.76 Å². The van der Waals surface area contributed by atoms with Crippen LogP contribution in [-0.4, -0.2) is 22.4 Å². The average molecular weight is 366 g/mol. The van der Waals surface area contributed by atoms with Gasteiger partial charge in [-0.2, -0.15) is 0 Å². The maximum Gasteiger partial charge on any atom is 0.287 e. The van der Waals surface area contributed by atoms with Crippen LogP contribution in [0.15, 0.2) is 65.1 Å². The molecule has 2 N–H and O–H groups in total. The third-order valence-corrected chi connectivity index (χ3v) is 4.30. The number of carbonyl (C=O) groups excluding carboxylic acids is 1. The second kappa shape index (κ2) is 7.06. The first-order valence-electron chi connectivity index (χ1n) is 8.27. The molecule has 0 bridgehead atoms. The van der Waals surface area contributed by atoms with E-state index in [1.807, 2.05) is 36.4 Å². The molecule has 0 aliphatic rings. The Bertz CT molecular complexity index is 1020. The van der Waals surface area contributed by atoms with Gasteiger partial charge in [-0.05, 0) is 48.5 Å². The fourth-order valence-electron chi connectivity index (χ4n) is 2.73. The molecule has 2 aromatic carbocycles. The van der Waals surface area contributed by atoms with Gasteiger partial charge in [-0.15, -0.1) is 0 Å². The van der Waals surface area contributed by atoms with Crippen LogP contribution >= 0.6 is 11.6 Å². The number of hydrogen-bond donors (Lipinski definition) is 2. The summed E-state index contributed by atoms with van der Waals surface area (Å²) < 4.78 is 5.64. The monoisotopic (exact) mass is 365 g/mol. The highest BCUT2D eigenvalue weighted by Gasteiger charge is 2.12. The molecular weight excluding hydrogens is 350 g/mol. The highest BCUT2D eigenvalue weighted by atomic mass is 35.5. The van der Waals surface area contributed by atoms with Crippen molar-refractivity contribution in [3.05, 3.63) is 77.3 Å². The van der Waals surface area contributed by atoms with Gasteiger partial charge < -0.3 is 14.7 Å². The predicted octanol–water partition coefficient (Wildman–Crippen LogP) is 4.45. The van der Waals surface area contributed by atoms with Crippen molar-refractivity contribution >= 4 is 28.5 Å². The third kappa shape index (κ3) is 3.48. The number of carbonyl (C=O) groups is 1. The summed E-state index contributed by atoms with van der Waals surface area (Å²) in [5.41, 5.74) is 2.79. The summed E-state index contributed by atoms with van der Waals surface area (Å²) in [6.45, 7) is 0.468. The van der Waals surface area contributed by atoms with Gasteiger partial charge >= 0.3 is 0 Å². The molecule has 4 rings (SSSR count). The second-order valence-corrected chi connectivity index (χ2v) is 6.31. The maximum absolute atomic E-state index is 12.2. The van der Waals surface area contributed by atoms with Crippen LogP contribution in [0.2, 0.25) is 5.02 Å². The van der Waals surface area contributed by atoms with E-state index < -0.39 is 0 Å². The zero-order chi connectivity index (χ0) is 17.9. The summed E-state index contributed by atoms with van der Waals surface area (Å²) >= 11 is 5.89. The Labute approximate surface area is 155 Å². The van der Waals surface area contributed by atoms with Crippen LogP contribution in [0.1, 0.15) is 16.4 Å². The highest BCUT2D eigenvalue weighted by molar-refractivity contribution is 6.30.